The topological polar surface area (TPSA) is 59.2 Å². The maximum atomic E-state index is 12.9. The molecule has 0 saturated carbocycles. The van der Waals surface area contributed by atoms with E-state index in [2.05, 4.69) is 28.3 Å². The first-order valence-electron chi connectivity index (χ1n) is 9.31. The van der Waals surface area contributed by atoms with Crippen molar-refractivity contribution in [2.75, 3.05) is 13.1 Å². The SMILES string of the molecule is CCc1nc(C2CCCN(C(=O)Cc3cccc4ccccc34)C2)no1. The Balaban J connectivity index is 1.49. The molecule has 1 saturated heterocycles. The molecule has 2 heterocycles. The van der Waals surface area contributed by atoms with E-state index in [9.17, 15) is 4.79 Å². The number of aromatic nitrogens is 2. The number of rotatable bonds is 4. The van der Waals surface area contributed by atoms with Crippen molar-refractivity contribution in [1.82, 2.24) is 15.0 Å². The van der Waals surface area contributed by atoms with E-state index in [4.69, 9.17) is 4.52 Å². The lowest BCUT2D eigenvalue weighted by atomic mass is 9.96. The fourth-order valence-electron chi connectivity index (χ4n) is 3.71. The molecule has 134 valence electrons. The highest BCUT2D eigenvalue weighted by atomic mass is 16.5. The summed E-state index contributed by atoms with van der Waals surface area (Å²) in [6.07, 6.45) is 3.15. The molecule has 5 heteroatoms. The van der Waals surface area contributed by atoms with Crippen LogP contribution in [0.25, 0.3) is 10.8 Å². The van der Waals surface area contributed by atoms with Crippen molar-refractivity contribution in [1.29, 1.82) is 0 Å². The van der Waals surface area contributed by atoms with Crippen molar-refractivity contribution < 1.29 is 9.32 Å². The summed E-state index contributed by atoms with van der Waals surface area (Å²) in [7, 11) is 0. The van der Waals surface area contributed by atoms with Gasteiger partial charge in [0.15, 0.2) is 5.82 Å². The Bertz CT molecular complexity index is 913. The van der Waals surface area contributed by atoms with Crippen molar-refractivity contribution in [3.05, 3.63) is 59.7 Å². The zero-order chi connectivity index (χ0) is 17.9. The van der Waals surface area contributed by atoms with Crippen LogP contribution in [0.2, 0.25) is 0 Å². The molecule has 0 aliphatic carbocycles. The summed E-state index contributed by atoms with van der Waals surface area (Å²) in [4.78, 5) is 19.3. The smallest absolute Gasteiger partial charge is 0.227 e. The molecular formula is C21H23N3O2. The van der Waals surface area contributed by atoms with Gasteiger partial charge in [-0.25, -0.2) is 0 Å². The number of likely N-dealkylation sites (tertiary alicyclic amines) is 1. The van der Waals surface area contributed by atoms with Crippen molar-refractivity contribution in [2.45, 2.75) is 38.5 Å². The fourth-order valence-corrected chi connectivity index (χ4v) is 3.71. The number of carbonyl (C=O) groups excluding carboxylic acids is 1. The molecular weight excluding hydrogens is 326 g/mol. The van der Waals surface area contributed by atoms with Gasteiger partial charge in [0.1, 0.15) is 0 Å². The number of hydrogen-bond donors (Lipinski definition) is 0. The van der Waals surface area contributed by atoms with Crippen molar-refractivity contribution >= 4 is 16.7 Å². The van der Waals surface area contributed by atoms with Crippen molar-refractivity contribution in [3.8, 4) is 0 Å². The van der Waals surface area contributed by atoms with Crippen LogP contribution in [-0.2, 0) is 17.6 Å². The predicted molar refractivity (Wildman–Crippen MR) is 99.9 cm³/mol. The summed E-state index contributed by atoms with van der Waals surface area (Å²) in [5.41, 5.74) is 1.09. The molecule has 1 aliphatic rings. The van der Waals surface area contributed by atoms with Gasteiger partial charge in [0, 0.05) is 25.4 Å². The highest BCUT2D eigenvalue weighted by Gasteiger charge is 2.28. The van der Waals surface area contributed by atoms with Gasteiger partial charge in [0.25, 0.3) is 0 Å². The quantitative estimate of drug-likeness (QED) is 0.720. The molecule has 0 radical (unpaired) electrons. The Morgan fingerprint density at radius 1 is 1.23 bits per heavy atom. The normalized spacial score (nSPS) is 17.6. The first-order chi connectivity index (χ1) is 12.7. The van der Waals surface area contributed by atoms with Crippen LogP contribution in [0.4, 0.5) is 0 Å². The van der Waals surface area contributed by atoms with E-state index in [1.165, 1.54) is 5.39 Å². The molecule has 1 atom stereocenters. The second-order valence-electron chi connectivity index (χ2n) is 6.89. The molecule has 0 spiro atoms. The largest absolute Gasteiger partial charge is 0.342 e. The van der Waals surface area contributed by atoms with Crippen molar-refractivity contribution in [3.63, 3.8) is 0 Å². The third-order valence-corrected chi connectivity index (χ3v) is 5.15. The number of fused-ring (bicyclic) bond motifs is 1. The van der Waals surface area contributed by atoms with Crippen LogP contribution in [0.5, 0.6) is 0 Å². The summed E-state index contributed by atoms with van der Waals surface area (Å²) >= 11 is 0. The van der Waals surface area contributed by atoms with Gasteiger partial charge in [0.2, 0.25) is 11.8 Å². The Hall–Kier alpha value is -2.69. The first kappa shape index (κ1) is 16.8. The van der Waals surface area contributed by atoms with Gasteiger partial charge in [-0.3, -0.25) is 4.79 Å². The first-order valence-corrected chi connectivity index (χ1v) is 9.31. The maximum Gasteiger partial charge on any atom is 0.227 e. The summed E-state index contributed by atoms with van der Waals surface area (Å²) in [5.74, 6) is 1.75. The summed E-state index contributed by atoms with van der Waals surface area (Å²) in [6.45, 7) is 3.48. The average Bonchev–Trinajstić information content (AvgIpc) is 3.18. The molecule has 2 aromatic carbocycles. The third kappa shape index (κ3) is 3.34. The second kappa shape index (κ2) is 7.28. The Labute approximate surface area is 153 Å². The van der Waals surface area contributed by atoms with Crippen LogP contribution in [0, 0.1) is 0 Å². The number of benzene rings is 2. The summed E-state index contributed by atoms with van der Waals surface area (Å²) in [5, 5.41) is 6.43. The van der Waals surface area contributed by atoms with E-state index >= 15 is 0 Å². The van der Waals surface area contributed by atoms with Gasteiger partial charge in [-0.15, -0.1) is 0 Å². The monoisotopic (exact) mass is 349 g/mol. The molecule has 1 unspecified atom stereocenters. The minimum absolute atomic E-state index is 0.171. The molecule has 4 rings (SSSR count). The van der Waals surface area contributed by atoms with Gasteiger partial charge < -0.3 is 9.42 Å². The van der Waals surface area contributed by atoms with E-state index in [0.717, 1.165) is 42.6 Å². The Morgan fingerprint density at radius 3 is 2.92 bits per heavy atom. The van der Waals surface area contributed by atoms with E-state index in [0.29, 0.717) is 18.9 Å². The van der Waals surface area contributed by atoms with Gasteiger partial charge in [-0.1, -0.05) is 54.5 Å². The molecule has 3 aromatic rings. The van der Waals surface area contributed by atoms with Gasteiger partial charge in [-0.2, -0.15) is 4.98 Å². The lowest BCUT2D eigenvalue weighted by Crippen LogP contribution is -2.40. The zero-order valence-electron chi connectivity index (χ0n) is 15.0. The third-order valence-electron chi connectivity index (χ3n) is 5.15. The molecule has 1 aliphatic heterocycles. The lowest BCUT2D eigenvalue weighted by Gasteiger charge is -2.31. The number of nitrogens with zero attached hydrogens (tertiary/aromatic N) is 3. The Kier molecular flexibility index (Phi) is 4.69. The van der Waals surface area contributed by atoms with E-state index in [1.807, 2.05) is 36.1 Å². The van der Waals surface area contributed by atoms with Crippen molar-refractivity contribution in [2.24, 2.45) is 0 Å². The maximum absolute atomic E-state index is 12.9. The fraction of sp³-hybridized carbons (Fsp3) is 0.381. The summed E-state index contributed by atoms with van der Waals surface area (Å²) < 4.78 is 5.24. The lowest BCUT2D eigenvalue weighted by molar-refractivity contribution is -0.131. The molecule has 1 amide bonds. The van der Waals surface area contributed by atoms with Crippen LogP contribution in [0.3, 0.4) is 0 Å². The number of carbonyl (C=O) groups is 1. The summed E-state index contributed by atoms with van der Waals surface area (Å²) in [6, 6.07) is 14.4. The number of piperidine rings is 1. The van der Waals surface area contributed by atoms with Crippen LogP contribution in [0.1, 0.15) is 43.0 Å². The molecule has 5 nitrogen and oxygen atoms in total. The predicted octanol–water partition coefficient (Wildman–Crippen LogP) is 3.73. The van der Waals surface area contributed by atoms with Gasteiger partial charge in [-0.05, 0) is 29.2 Å². The number of hydrogen-bond acceptors (Lipinski definition) is 4. The Morgan fingerprint density at radius 2 is 2.08 bits per heavy atom. The van der Waals surface area contributed by atoms with E-state index in [-0.39, 0.29) is 11.8 Å². The highest BCUT2D eigenvalue weighted by molar-refractivity contribution is 5.90. The zero-order valence-corrected chi connectivity index (χ0v) is 15.0. The van der Waals surface area contributed by atoms with E-state index < -0.39 is 0 Å². The number of amides is 1. The van der Waals surface area contributed by atoms with Crippen LogP contribution < -0.4 is 0 Å². The molecule has 0 bridgehead atoms. The molecule has 0 N–H and O–H groups in total. The minimum atomic E-state index is 0.171. The highest BCUT2D eigenvalue weighted by Crippen LogP contribution is 2.26. The van der Waals surface area contributed by atoms with Crippen LogP contribution >= 0.6 is 0 Å². The van der Waals surface area contributed by atoms with Gasteiger partial charge in [0.05, 0.1) is 6.42 Å². The molecule has 1 aromatic heterocycles. The second-order valence-corrected chi connectivity index (χ2v) is 6.89. The average molecular weight is 349 g/mol. The van der Waals surface area contributed by atoms with E-state index in [1.54, 1.807) is 0 Å². The minimum Gasteiger partial charge on any atom is -0.342 e. The standard InChI is InChI=1S/C21H23N3O2/c1-2-19-22-21(23-26-19)17-10-6-12-24(14-17)20(25)13-16-9-5-8-15-7-3-4-11-18(15)16/h3-5,7-9,11,17H,2,6,10,12-14H2,1H3. The van der Waals surface area contributed by atoms with Crippen LogP contribution in [0.15, 0.2) is 47.0 Å². The van der Waals surface area contributed by atoms with Crippen LogP contribution in [-0.4, -0.2) is 34.0 Å². The number of aryl methyl sites for hydroxylation is 1. The molecule has 1 fully saturated rings. The van der Waals surface area contributed by atoms with Gasteiger partial charge >= 0.3 is 0 Å². The molecule has 26 heavy (non-hydrogen) atoms.